The molecule has 1 rings (SSSR count). The fourth-order valence-electron chi connectivity index (χ4n) is 0.463. The van der Waals surface area contributed by atoms with Gasteiger partial charge in [-0.05, 0) is 0 Å². The van der Waals surface area contributed by atoms with Crippen LogP contribution >= 0.6 is 0 Å². The molecule has 2 N–H and O–H groups in total. The molecular weight excluding hydrogens is 118 g/mol. The summed E-state index contributed by atoms with van der Waals surface area (Å²) in [5, 5.41) is 11.1. The van der Waals surface area contributed by atoms with Crippen molar-refractivity contribution >= 4 is 5.97 Å². The summed E-state index contributed by atoms with van der Waals surface area (Å²) in [7, 11) is 0. The van der Waals surface area contributed by atoms with Gasteiger partial charge in [0.05, 0.1) is 5.92 Å². The van der Waals surface area contributed by atoms with E-state index in [2.05, 4.69) is 5.32 Å². The van der Waals surface area contributed by atoms with Crippen LogP contribution in [0.4, 0.5) is 0 Å². The third-order valence-corrected chi connectivity index (χ3v) is 1.13. The van der Waals surface area contributed by atoms with Gasteiger partial charge in [-0.15, -0.1) is 0 Å². The zero-order valence-corrected chi connectivity index (χ0v) is 5.85. The van der Waals surface area contributed by atoms with Crippen molar-refractivity contribution in [2.45, 2.75) is 13.8 Å². The fourth-order valence-corrected chi connectivity index (χ4v) is 0.463. The van der Waals surface area contributed by atoms with Gasteiger partial charge >= 0.3 is 5.97 Å². The second kappa shape index (κ2) is 4.32. The average molecular weight is 131 g/mol. The normalized spacial score (nSPS) is 17.1. The van der Waals surface area contributed by atoms with E-state index in [4.69, 9.17) is 5.11 Å². The lowest BCUT2D eigenvalue weighted by molar-refractivity contribution is -0.143. The maximum Gasteiger partial charge on any atom is 0.309 e. The van der Waals surface area contributed by atoms with E-state index in [1.807, 2.05) is 13.8 Å². The summed E-state index contributed by atoms with van der Waals surface area (Å²) in [6, 6.07) is 0. The minimum absolute atomic E-state index is 0.111. The number of nitrogens with one attached hydrogen (secondary N) is 1. The zero-order valence-electron chi connectivity index (χ0n) is 5.85. The summed E-state index contributed by atoms with van der Waals surface area (Å²) in [5.74, 6) is -0.793. The highest BCUT2D eigenvalue weighted by atomic mass is 16.4. The predicted molar refractivity (Wildman–Crippen MR) is 35.3 cm³/mol. The smallest absolute Gasteiger partial charge is 0.309 e. The summed E-state index contributed by atoms with van der Waals surface area (Å²) in [4.78, 5) is 9.94. The SMILES string of the molecule is CC.O=C(O)C1CNC1. The van der Waals surface area contributed by atoms with E-state index < -0.39 is 5.97 Å². The number of aliphatic carboxylic acids is 1. The quantitative estimate of drug-likeness (QED) is 0.538. The fraction of sp³-hybridized carbons (Fsp3) is 0.833. The molecule has 3 heteroatoms. The van der Waals surface area contributed by atoms with E-state index in [1.165, 1.54) is 0 Å². The van der Waals surface area contributed by atoms with Crippen molar-refractivity contribution in [3.05, 3.63) is 0 Å². The molecule has 0 bridgehead atoms. The Morgan fingerprint density at radius 2 is 2.00 bits per heavy atom. The molecule has 1 fully saturated rings. The van der Waals surface area contributed by atoms with Crippen molar-refractivity contribution in [3.63, 3.8) is 0 Å². The van der Waals surface area contributed by atoms with E-state index >= 15 is 0 Å². The van der Waals surface area contributed by atoms with Crippen LogP contribution in [0.5, 0.6) is 0 Å². The molecule has 1 aliphatic rings. The van der Waals surface area contributed by atoms with Gasteiger partial charge in [0.25, 0.3) is 0 Å². The molecule has 0 aromatic rings. The van der Waals surface area contributed by atoms with Crippen LogP contribution < -0.4 is 5.32 Å². The lowest BCUT2D eigenvalue weighted by Gasteiger charge is -2.21. The Balaban J connectivity index is 0.000000291. The van der Waals surface area contributed by atoms with Crippen LogP contribution in [-0.2, 0) is 4.79 Å². The molecule has 0 spiro atoms. The maximum absolute atomic E-state index is 9.94. The molecule has 9 heavy (non-hydrogen) atoms. The maximum atomic E-state index is 9.94. The topological polar surface area (TPSA) is 49.3 Å². The van der Waals surface area contributed by atoms with Gasteiger partial charge in [0, 0.05) is 13.1 Å². The number of hydrogen-bond acceptors (Lipinski definition) is 2. The molecule has 0 saturated carbocycles. The van der Waals surface area contributed by atoms with Gasteiger partial charge < -0.3 is 10.4 Å². The van der Waals surface area contributed by atoms with Crippen LogP contribution in [0.25, 0.3) is 0 Å². The Hall–Kier alpha value is -0.570. The number of carboxylic acid groups (broad SMARTS) is 1. The van der Waals surface area contributed by atoms with Crippen molar-refractivity contribution < 1.29 is 9.90 Å². The first-order chi connectivity index (χ1) is 4.30. The van der Waals surface area contributed by atoms with E-state index in [1.54, 1.807) is 0 Å². The van der Waals surface area contributed by atoms with Crippen LogP contribution in [-0.4, -0.2) is 24.2 Å². The van der Waals surface area contributed by atoms with E-state index in [0.717, 1.165) is 0 Å². The number of carbonyl (C=O) groups is 1. The third kappa shape index (κ3) is 2.46. The monoisotopic (exact) mass is 131 g/mol. The lowest BCUT2D eigenvalue weighted by Crippen LogP contribution is -2.46. The summed E-state index contributed by atoms with van der Waals surface area (Å²) >= 11 is 0. The number of hydrogen-bond donors (Lipinski definition) is 2. The zero-order chi connectivity index (χ0) is 7.28. The average Bonchev–Trinajstić information content (AvgIpc) is 1.65. The molecule has 54 valence electrons. The molecule has 1 aliphatic heterocycles. The minimum atomic E-state index is -0.682. The van der Waals surface area contributed by atoms with E-state index in [-0.39, 0.29) is 5.92 Å². The van der Waals surface area contributed by atoms with Crippen molar-refractivity contribution in [2.24, 2.45) is 5.92 Å². The van der Waals surface area contributed by atoms with E-state index in [0.29, 0.717) is 13.1 Å². The van der Waals surface area contributed by atoms with Crippen LogP contribution in [0.15, 0.2) is 0 Å². The van der Waals surface area contributed by atoms with Gasteiger partial charge in [-0.2, -0.15) is 0 Å². The highest BCUT2D eigenvalue weighted by Crippen LogP contribution is 2.00. The molecule has 0 aromatic heterocycles. The van der Waals surface area contributed by atoms with Gasteiger partial charge in [-0.3, -0.25) is 4.79 Å². The van der Waals surface area contributed by atoms with Crippen LogP contribution in [0.3, 0.4) is 0 Å². The molecule has 0 amide bonds. The van der Waals surface area contributed by atoms with Crippen molar-refractivity contribution in [1.29, 1.82) is 0 Å². The van der Waals surface area contributed by atoms with Gasteiger partial charge in [-0.25, -0.2) is 0 Å². The van der Waals surface area contributed by atoms with Crippen molar-refractivity contribution in [2.75, 3.05) is 13.1 Å². The first kappa shape index (κ1) is 8.43. The third-order valence-electron chi connectivity index (χ3n) is 1.13. The van der Waals surface area contributed by atoms with Gasteiger partial charge in [0.1, 0.15) is 0 Å². The van der Waals surface area contributed by atoms with E-state index in [9.17, 15) is 4.79 Å². The lowest BCUT2D eigenvalue weighted by atomic mass is 10.1. The molecule has 0 aromatic carbocycles. The molecule has 0 radical (unpaired) electrons. The Morgan fingerprint density at radius 1 is 1.56 bits per heavy atom. The summed E-state index contributed by atoms with van der Waals surface area (Å²) in [6.45, 7) is 5.30. The molecule has 1 heterocycles. The Labute approximate surface area is 55.1 Å². The predicted octanol–water partition coefficient (Wildman–Crippen LogP) is 0.317. The molecule has 3 nitrogen and oxygen atoms in total. The second-order valence-electron chi connectivity index (χ2n) is 1.69. The molecule has 1 saturated heterocycles. The summed E-state index contributed by atoms with van der Waals surface area (Å²) in [5.41, 5.74) is 0. The number of carboxylic acids is 1. The largest absolute Gasteiger partial charge is 0.481 e. The molecule has 0 atom stereocenters. The second-order valence-corrected chi connectivity index (χ2v) is 1.69. The Morgan fingerprint density at radius 3 is 2.00 bits per heavy atom. The highest BCUT2D eigenvalue weighted by Gasteiger charge is 2.23. The molecule has 0 unspecified atom stereocenters. The van der Waals surface area contributed by atoms with Crippen LogP contribution in [0, 0.1) is 5.92 Å². The summed E-state index contributed by atoms with van der Waals surface area (Å²) in [6.07, 6.45) is 0. The van der Waals surface area contributed by atoms with Gasteiger partial charge in [0.2, 0.25) is 0 Å². The Bertz CT molecular complexity index is 89.1. The van der Waals surface area contributed by atoms with Crippen molar-refractivity contribution in [1.82, 2.24) is 5.32 Å². The number of rotatable bonds is 1. The minimum Gasteiger partial charge on any atom is -0.481 e. The highest BCUT2D eigenvalue weighted by molar-refractivity contribution is 5.71. The van der Waals surface area contributed by atoms with Crippen molar-refractivity contribution in [3.8, 4) is 0 Å². The molecule has 0 aliphatic carbocycles. The van der Waals surface area contributed by atoms with Crippen LogP contribution in [0.2, 0.25) is 0 Å². The summed E-state index contributed by atoms with van der Waals surface area (Å²) < 4.78 is 0. The standard InChI is InChI=1S/C4H7NO2.C2H6/c6-4(7)3-1-5-2-3;1-2/h3,5H,1-2H2,(H,6,7);1-2H3. The Kier molecular flexibility index (Phi) is 4.05. The van der Waals surface area contributed by atoms with Gasteiger partial charge in [0.15, 0.2) is 0 Å². The van der Waals surface area contributed by atoms with Crippen LogP contribution in [0.1, 0.15) is 13.8 Å². The molecular formula is C6H13NO2. The first-order valence-electron chi connectivity index (χ1n) is 3.24. The first-order valence-corrected chi connectivity index (χ1v) is 3.24. The van der Waals surface area contributed by atoms with Gasteiger partial charge in [-0.1, -0.05) is 13.8 Å².